The molecule has 0 fully saturated rings. The van der Waals surface area contributed by atoms with Crippen LogP contribution in [0.5, 0.6) is 0 Å². The lowest BCUT2D eigenvalue weighted by atomic mass is 10.1. The Bertz CT molecular complexity index is 353. The number of aliphatic hydroxyl groups excluding tert-OH is 1. The summed E-state index contributed by atoms with van der Waals surface area (Å²) >= 11 is 0. The summed E-state index contributed by atoms with van der Waals surface area (Å²) in [6.45, 7) is 4.29. The molecule has 18 heavy (non-hydrogen) atoms. The number of amides is 1. The fourth-order valence-corrected chi connectivity index (χ4v) is 1.43. The highest BCUT2D eigenvalue weighted by molar-refractivity contribution is 5.77. The van der Waals surface area contributed by atoms with Crippen LogP contribution in [0.15, 0.2) is 30.3 Å². The standard InChI is InChI=1S/C14H21NO3/c1-11(8-16)12(2)15-14(17)10-18-9-13-6-4-3-5-7-13/h3-7,11-12,16H,8-10H2,1-2H3,(H,15,17). The third-order valence-corrected chi connectivity index (χ3v) is 2.87. The van der Waals surface area contributed by atoms with Crippen molar-refractivity contribution in [3.05, 3.63) is 35.9 Å². The Hall–Kier alpha value is -1.39. The van der Waals surface area contributed by atoms with Gasteiger partial charge in [-0.15, -0.1) is 0 Å². The van der Waals surface area contributed by atoms with Gasteiger partial charge in [-0.05, 0) is 18.4 Å². The molecule has 1 aromatic carbocycles. The number of hydrogen-bond donors (Lipinski definition) is 2. The maximum absolute atomic E-state index is 11.5. The average Bonchev–Trinajstić information content (AvgIpc) is 2.38. The summed E-state index contributed by atoms with van der Waals surface area (Å²) < 4.78 is 5.32. The third-order valence-electron chi connectivity index (χ3n) is 2.87. The summed E-state index contributed by atoms with van der Waals surface area (Å²) in [6, 6.07) is 9.66. The van der Waals surface area contributed by atoms with Crippen molar-refractivity contribution in [2.45, 2.75) is 26.5 Å². The summed E-state index contributed by atoms with van der Waals surface area (Å²) in [6.07, 6.45) is 0. The zero-order chi connectivity index (χ0) is 13.4. The predicted molar refractivity (Wildman–Crippen MR) is 70.0 cm³/mol. The molecule has 4 heteroatoms. The van der Waals surface area contributed by atoms with E-state index in [1.807, 2.05) is 44.2 Å². The van der Waals surface area contributed by atoms with Crippen LogP contribution in [-0.4, -0.2) is 30.3 Å². The second-order valence-electron chi connectivity index (χ2n) is 4.49. The maximum Gasteiger partial charge on any atom is 0.246 e. The van der Waals surface area contributed by atoms with Gasteiger partial charge in [-0.25, -0.2) is 0 Å². The van der Waals surface area contributed by atoms with Crippen LogP contribution in [0.3, 0.4) is 0 Å². The van der Waals surface area contributed by atoms with E-state index in [1.165, 1.54) is 0 Å². The Morgan fingerprint density at radius 2 is 2.00 bits per heavy atom. The number of hydrogen-bond acceptors (Lipinski definition) is 3. The van der Waals surface area contributed by atoms with Gasteiger partial charge < -0.3 is 15.2 Å². The summed E-state index contributed by atoms with van der Waals surface area (Å²) in [5.74, 6) is -0.109. The number of rotatable bonds is 7. The van der Waals surface area contributed by atoms with E-state index in [4.69, 9.17) is 9.84 Å². The summed E-state index contributed by atoms with van der Waals surface area (Å²) in [5, 5.41) is 11.8. The molecule has 0 radical (unpaired) electrons. The molecule has 0 aliphatic carbocycles. The fraction of sp³-hybridized carbons (Fsp3) is 0.500. The topological polar surface area (TPSA) is 58.6 Å². The molecule has 1 aromatic rings. The van der Waals surface area contributed by atoms with E-state index >= 15 is 0 Å². The van der Waals surface area contributed by atoms with Crippen LogP contribution in [0.4, 0.5) is 0 Å². The first-order valence-electron chi connectivity index (χ1n) is 6.15. The second kappa shape index (κ2) is 7.84. The Morgan fingerprint density at radius 1 is 1.33 bits per heavy atom. The Labute approximate surface area is 108 Å². The predicted octanol–water partition coefficient (Wildman–Crippen LogP) is 1.34. The molecule has 2 N–H and O–H groups in total. The minimum absolute atomic E-state index is 0.0391. The van der Waals surface area contributed by atoms with Crippen molar-refractivity contribution in [1.82, 2.24) is 5.32 Å². The Balaban J connectivity index is 2.21. The van der Waals surface area contributed by atoms with Crippen LogP contribution < -0.4 is 5.32 Å². The van der Waals surface area contributed by atoms with Crippen LogP contribution in [0.2, 0.25) is 0 Å². The van der Waals surface area contributed by atoms with Crippen LogP contribution in [0.25, 0.3) is 0 Å². The molecule has 0 heterocycles. The van der Waals surface area contributed by atoms with Gasteiger partial charge in [0, 0.05) is 12.6 Å². The van der Waals surface area contributed by atoms with Crippen molar-refractivity contribution in [3.8, 4) is 0 Å². The van der Waals surface area contributed by atoms with E-state index in [2.05, 4.69) is 5.32 Å². The van der Waals surface area contributed by atoms with Crippen LogP contribution in [-0.2, 0) is 16.1 Å². The van der Waals surface area contributed by atoms with Crippen LogP contribution in [0, 0.1) is 5.92 Å². The molecule has 100 valence electrons. The minimum Gasteiger partial charge on any atom is -0.396 e. The van der Waals surface area contributed by atoms with Crippen molar-refractivity contribution >= 4 is 5.91 Å². The van der Waals surface area contributed by atoms with Gasteiger partial charge in [-0.1, -0.05) is 37.3 Å². The minimum atomic E-state index is -0.154. The highest BCUT2D eigenvalue weighted by Crippen LogP contribution is 2.02. The molecule has 0 aliphatic rings. The molecular formula is C14H21NO3. The lowest BCUT2D eigenvalue weighted by molar-refractivity contribution is -0.127. The molecule has 1 amide bonds. The van der Waals surface area contributed by atoms with Gasteiger partial charge >= 0.3 is 0 Å². The van der Waals surface area contributed by atoms with Crippen molar-refractivity contribution in [2.24, 2.45) is 5.92 Å². The monoisotopic (exact) mass is 251 g/mol. The van der Waals surface area contributed by atoms with Gasteiger partial charge in [0.2, 0.25) is 5.91 Å². The lowest BCUT2D eigenvalue weighted by Gasteiger charge is -2.19. The van der Waals surface area contributed by atoms with E-state index in [0.29, 0.717) is 6.61 Å². The van der Waals surface area contributed by atoms with Crippen LogP contribution in [0.1, 0.15) is 19.4 Å². The highest BCUT2D eigenvalue weighted by atomic mass is 16.5. The van der Waals surface area contributed by atoms with Gasteiger partial charge in [0.25, 0.3) is 0 Å². The second-order valence-corrected chi connectivity index (χ2v) is 4.49. The number of ether oxygens (including phenoxy) is 1. The highest BCUT2D eigenvalue weighted by Gasteiger charge is 2.13. The molecule has 0 saturated heterocycles. The SMILES string of the molecule is CC(CO)C(C)NC(=O)COCc1ccccc1. The van der Waals surface area contributed by atoms with Crippen molar-refractivity contribution in [2.75, 3.05) is 13.2 Å². The molecule has 0 aromatic heterocycles. The van der Waals surface area contributed by atoms with E-state index in [0.717, 1.165) is 5.56 Å². The van der Waals surface area contributed by atoms with Crippen molar-refractivity contribution in [1.29, 1.82) is 0 Å². The molecule has 1 rings (SSSR count). The first-order chi connectivity index (χ1) is 8.63. The maximum atomic E-state index is 11.5. The number of benzene rings is 1. The largest absolute Gasteiger partial charge is 0.396 e. The van der Waals surface area contributed by atoms with Gasteiger partial charge in [0.05, 0.1) is 6.61 Å². The zero-order valence-corrected chi connectivity index (χ0v) is 10.9. The molecule has 0 spiro atoms. The first-order valence-corrected chi connectivity index (χ1v) is 6.15. The lowest BCUT2D eigenvalue weighted by Crippen LogP contribution is -2.40. The number of carbonyl (C=O) groups is 1. The van der Waals surface area contributed by atoms with E-state index in [-0.39, 0.29) is 31.1 Å². The first kappa shape index (κ1) is 14.7. The average molecular weight is 251 g/mol. The quantitative estimate of drug-likeness (QED) is 0.768. The Kier molecular flexibility index (Phi) is 6.39. The summed E-state index contributed by atoms with van der Waals surface area (Å²) in [4.78, 5) is 11.5. The Morgan fingerprint density at radius 3 is 2.61 bits per heavy atom. The summed E-state index contributed by atoms with van der Waals surface area (Å²) in [5.41, 5.74) is 1.04. The molecule has 0 aliphatic heterocycles. The molecule has 0 saturated carbocycles. The number of aliphatic hydroxyl groups is 1. The van der Waals surface area contributed by atoms with Crippen LogP contribution >= 0.6 is 0 Å². The molecule has 2 unspecified atom stereocenters. The number of nitrogens with one attached hydrogen (secondary N) is 1. The van der Waals surface area contributed by atoms with Gasteiger partial charge in [-0.3, -0.25) is 4.79 Å². The zero-order valence-electron chi connectivity index (χ0n) is 10.9. The third kappa shape index (κ3) is 5.29. The van der Waals surface area contributed by atoms with Gasteiger partial charge in [0.15, 0.2) is 0 Å². The normalized spacial score (nSPS) is 13.9. The van der Waals surface area contributed by atoms with E-state index in [9.17, 15) is 4.79 Å². The van der Waals surface area contributed by atoms with Gasteiger partial charge in [-0.2, -0.15) is 0 Å². The number of carbonyl (C=O) groups excluding carboxylic acids is 1. The smallest absolute Gasteiger partial charge is 0.246 e. The molecule has 4 nitrogen and oxygen atoms in total. The van der Waals surface area contributed by atoms with E-state index in [1.54, 1.807) is 0 Å². The van der Waals surface area contributed by atoms with Gasteiger partial charge in [0.1, 0.15) is 6.61 Å². The fourth-order valence-electron chi connectivity index (χ4n) is 1.43. The molecular weight excluding hydrogens is 230 g/mol. The summed E-state index contributed by atoms with van der Waals surface area (Å²) in [7, 11) is 0. The van der Waals surface area contributed by atoms with Crippen molar-refractivity contribution in [3.63, 3.8) is 0 Å². The van der Waals surface area contributed by atoms with E-state index < -0.39 is 0 Å². The van der Waals surface area contributed by atoms with Crippen molar-refractivity contribution < 1.29 is 14.6 Å². The molecule has 2 atom stereocenters. The molecule has 0 bridgehead atoms.